The maximum Gasteiger partial charge on any atom is 0.0725 e. The molecule has 3 heteroatoms. The second-order valence-electron chi connectivity index (χ2n) is 4.31. The van der Waals surface area contributed by atoms with Crippen molar-refractivity contribution in [1.29, 1.82) is 0 Å². The van der Waals surface area contributed by atoms with Gasteiger partial charge in [0.2, 0.25) is 0 Å². The minimum Gasteiger partial charge on any atom is -0.271 e. The van der Waals surface area contributed by atoms with Gasteiger partial charge in [0, 0.05) is 12.4 Å². The molecule has 1 heterocycles. The highest BCUT2D eigenvalue weighted by Gasteiger charge is 2.12. The number of nitrogens with zero attached hydrogens (tertiary/aromatic N) is 1. The number of nitrogens with two attached hydrogens (primary N) is 1. The predicted octanol–water partition coefficient (Wildman–Crippen LogP) is 2.25. The first-order chi connectivity index (χ1) is 8.20. The minimum absolute atomic E-state index is 0.0111. The zero-order valence-electron chi connectivity index (χ0n) is 10.1. The summed E-state index contributed by atoms with van der Waals surface area (Å²) < 4.78 is 0. The summed E-state index contributed by atoms with van der Waals surface area (Å²) >= 11 is 0. The first kappa shape index (κ1) is 11.8. The second-order valence-corrected chi connectivity index (χ2v) is 4.31. The van der Waals surface area contributed by atoms with Gasteiger partial charge < -0.3 is 0 Å². The van der Waals surface area contributed by atoms with Crippen LogP contribution >= 0.6 is 0 Å². The number of rotatable bonds is 3. The van der Waals surface area contributed by atoms with Crippen LogP contribution in [0.1, 0.15) is 28.3 Å². The standard InChI is InChI=1S/C14H17N3/c1-10-3-5-12(6-4-10)14(17-15)13-7-11(2)8-16-9-13/h3-9,14,17H,15H2,1-2H3. The molecule has 1 unspecified atom stereocenters. The molecule has 0 aliphatic heterocycles. The molecule has 1 aromatic heterocycles. The lowest BCUT2D eigenvalue weighted by molar-refractivity contribution is 0.634. The molecule has 2 rings (SSSR count). The van der Waals surface area contributed by atoms with E-state index in [1.807, 2.05) is 19.3 Å². The molecule has 88 valence electrons. The molecule has 0 aliphatic carbocycles. The lowest BCUT2D eigenvalue weighted by Gasteiger charge is -2.17. The Bertz CT molecular complexity index is 491. The molecular formula is C14H17N3. The average molecular weight is 227 g/mol. The van der Waals surface area contributed by atoms with E-state index in [1.165, 1.54) is 5.56 Å². The summed E-state index contributed by atoms with van der Waals surface area (Å²) in [4.78, 5) is 4.20. The molecule has 1 aromatic carbocycles. The largest absolute Gasteiger partial charge is 0.271 e. The van der Waals surface area contributed by atoms with Gasteiger partial charge in [-0.25, -0.2) is 5.43 Å². The summed E-state index contributed by atoms with van der Waals surface area (Å²) in [6.45, 7) is 4.10. The molecule has 3 N–H and O–H groups in total. The van der Waals surface area contributed by atoms with E-state index in [0.29, 0.717) is 0 Å². The highest BCUT2D eigenvalue weighted by Crippen LogP contribution is 2.21. The molecule has 0 amide bonds. The van der Waals surface area contributed by atoms with E-state index < -0.39 is 0 Å². The quantitative estimate of drug-likeness (QED) is 0.624. The normalized spacial score (nSPS) is 12.4. The van der Waals surface area contributed by atoms with Crippen LogP contribution in [-0.4, -0.2) is 4.98 Å². The van der Waals surface area contributed by atoms with Gasteiger partial charge in [-0.2, -0.15) is 0 Å². The second kappa shape index (κ2) is 5.08. The van der Waals surface area contributed by atoms with E-state index in [1.54, 1.807) is 0 Å². The van der Waals surface area contributed by atoms with E-state index in [-0.39, 0.29) is 6.04 Å². The molecule has 17 heavy (non-hydrogen) atoms. The fourth-order valence-corrected chi connectivity index (χ4v) is 1.88. The highest BCUT2D eigenvalue weighted by molar-refractivity contribution is 5.33. The van der Waals surface area contributed by atoms with Crippen LogP contribution in [0.25, 0.3) is 0 Å². The Morgan fingerprint density at radius 2 is 1.71 bits per heavy atom. The third-order valence-corrected chi connectivity index (χ3v) is 2.81. The fourth-order valence-electron chi connectivity index (χ4n) is 1.88. The Labute approximate surface area is 102 Å². The van der Waals surface area contributed by atoms with Crippen LogP contribution in [0.3, 0.4) is 0 Å². The summed E-state index contributed by atoms with van der Waals surface area (Å²) in [7, 11) is 0. The van der Waals surface area contributed by atoms with Crippen molar-refractivity contribution in [3.63, 3.8) is 0 Å². The number of nitrogens with one attached hydrogen (secondary N) is 1. The highest BCUT2D eigenvalue weighted by atomic mass is 15.2. The molecule has 0 radical (unpaired) electrons. The fraction of sp³-hybridized carbons (Fsp3) is 0.214. The first-order valence-electron chi connectivity index (χ1n) is 5.65. The third-order valence-electron chi connectivity index (χ3n) is 2.81. The summed E-state index contributed by atoms with van der Waals surface area (Å²) in [5, 5.41) is 0. The van der Waals surface area contributed by atoms with Crippen LogP contribution in [-0.2, 0) is 0 Å². The molecule has 0 saturated heterocycles. The Balaban J connectivity index is 2.36. The Kier molecular flexibility index (Phi) is 3.52. The van der Waals surface area contributed by atoms with Crippen LogP contribution in [0.2, 0.25) is 0 Å². The van der Waals surface area contributed by atoms with Gasteiger partial charge in [0.05, 0.1) is 6.04 Å². The number of hydrogen-bond acceptors (Lipinski definition) is 3. The van der Waals surface area contributed by atoms with E-state index >= 15 is 0 Å². The Hall–Kier alpha value is -1.71. The van der Waals surface area contributed by atoms with Gasteiger partial charge in [-0.05, 0) is 30.5 Å². The zero-order valence-corrected chi connectivity index (χ0v) is 10.1. The molecule has 3 nitrogen and oxygen atoms in total. The van der Waals surface area contributed by atoms with Gasteiger partial charge >= 0.3 is 0 Å². The number of aromatic nitrogens is 1. The monoisotopic (exact) mass is 227 g/mol. The summed E-state index contributed by atoms with van der Waals surface area (Å²) in [5.41, 5.74) is 7.44. The summed E-state index contributed by atoms with van der Waals surface area (Å²) in [6.07, 6.45) is 3.68. The van der Waals surface area contributed by atoms with Gasteiger partial charge in [-0.15, -0.1) is 0 Å². The smallest absolute Gasteiger partial charge is 0.0725 e. The SMILES string of the molecule is Cc1ccc(C(NN)c2cncc(C)c2)cc1. The van der Waals surface area contributed by atoms with Crippen LogP contribution in [0.4, 0.5) is 0 Å². The van der Waals surface area contributed by atoms with Crippen molar-refractivity contribution >= 4 is 0 Å². The van der Waals surface area contributed by atoms with Crippen molar-refractivity contribution in [1.82, 2.24) is 10.4 Å². The van der Waals surface area contributed by atoms with Gasteiger partial charge in [-0.1, -0.05) is 35.9 Å². The number of pyridine rings is 1. The lowest BCUT2D eigenvalue weighted by Crippen LogP contribution is -2.28. The van der Waals surface area contributed by atoms with Gasteiger partial charge in [0.1, 0.15) is 0 Å². The summed E-state index contributed by atoms with van der Waals surface area (Å²) in [6, 6.07) is 10.4. The van der Waals surface area contributed by atoms with E-state index in [2.05, 4.69) is 47.7 Å². The van der Waals surface area contributed by atoms with Crippen molar-refractivity contribution < 1.29 is 0 Å². The van der Waals surface area contributed by atoms with Crippen molar-refractivity contribution in [3.8, 4) is 0 Å². The Morgan fingerprint density at radius 1 is 1.00 bits per heavy atom. The van der Waals surface area contributed by atoms with Crippen molar-refractivity contribution in [2.24, 2.45) is 5.84 Å². The van der Waals surface area contributed by atoms with Gasteiger partial charge in [0.25, 0.3) is 0 Å². The molecule has 0 aliphatic rings. The third kappa shape index (κ3) is 2.70. The van der Waals surface area contributed by atoms with Crippen molar-refractivity contribution in [2.45, 2.75) is 19.9 Å². The maximum absolute atomic E-state index is 5.65. The van der Waals surface area contributed by atoms with Gasteiger partial charge in [-0.3, -0.25) is 10.8 Å². The van der Waals surface area contributed by atoms with Crippen molar-refractivity contribution in [3.05, 3.63) is 65.0 Å². The minimum atomic E-state index is -0.0111. The molecule has 0 fully saturated rings. The van der Waals surface area contributed by atoms with Gasteiger partial charge in [0.15, 0.2) is 0 Å². The molecule has 0 saturated carbocycles. The number of aryl methyl sites for hydroxylation is 2. The zero-order chi connectivity index (χ0) is 12.3. The van der Waals surface area contributed by atoms with E-state index in [0.717, 1.165) is 16.7 Å². The predicted molar refractivity (Wildman–Crippen MR) is 69.3 cm³/mol. The first-order valence-corrected chi connectivity index (χ1v) is 5.65. The average Bonchev–Trinajstić information content (AvgIpc) is 2.33. The topological polar surface area (TPSA) is 50.9 Å². The molecule has 0 spiro atoms. The van der Waals surface area contributed by atoms with Crippen molar-refractivity contribution in [2.75, 3.05) is 0 Å². The lowest BCUT2D eigenvalue weighted by atomic mass is 9.99. The molecule has 0 bridgehead atoms. The number of hydrazine groups is 1. The number of benzene rings is 1. The van der Waals surface area contributed by atoms with Crippen LogP contribution in [0.5, 0.6) is 0 Å². The number of hydrogen-bond donors (Lipinski definition) is 2. The Morgan fingerprint density at radius 3 is 2.29 bits per heavy atom. The van der Waals surface area contributed by atoms with Crippen LogP contribution < -0.4 is 11.3 Å². The molecular weight excluding hydrogens is 210 g/mol. The summed E-state index contributed by atoms with van der Waals surface area (Å²) in [5.74, 6) is 5.65. The molecule has 2 aromatic rings. The molecule has 1 atom stereocenters. The van der Waals surface area contributed by atoms with E-state index in [9.17, 15) is 0 Å². The van der Waals surface area contributed by atoms with Crippen LogP contribution in [0.15, 0.2) is 42.7 Å². The maximum atomic E-state index is 5.65. The van der Waals surface area contributed by atoms with E-state index in [4.69, 9.17) is 5.84 Å². The van der Waals surface area contributed by atoms with Crippen LogP contribution in [0, 0.1) is 13.8 Å².